The molecule has 0 radical (unpaired) electrons. The Kier molecular flexibility index (Phi) is 6.19. The third-order valence-corrected chi connectivity index (χ3v) is 7.07. The number of sulfonamides is 1. The van der Waals surface area contributed by atoms with Gasteiger partial charge in [-0.3, -0.25) is 9.52 Å². The minimum absolute atomic E-state index is 0.0325. The lowest BCUT2D eigenvalue weighted by molar-refractivity contribution is -0.114. The van der Waals surface area contributed by atoms with Crippen LogP contribution in [0.15, 0.2) is 64.4 Å². The molecule has 0 saturated carbocycles. The van der Waals surface area contributed by atoms with Crippen LogP contribution in [0.2, 0.25) is 0 Å². The lowest BCUT2D eigenvalue weighted by Crippen LogP contribution is -2.13. The molecule has 0 aliphatic carbocycles. The summed E-state index contributed by atoms with van der Waals surface area (Å²) in [6.07, 6.45) is 0. The molecule has 0 saturated heterocycles. The number of ketones is 1. The molecule has 0 bridgehead atoms. The van der Waals surface area contributed by atoms with Gasteiger partial charge < -0.3 is 5.11 Å². The fraction of sp³-hybridized carbons (Fsp3) is 0.227. The number of anilines is 1. The molecule has 0 unspecified atom stereocenters. The first-order valence-electron chi connectivity index (χ1n) is 9.19. The fourth-order valence-electron chi connectivity index (χ4n) is 2.94. The highest BCUT2D eigenvalue weighted by Gasteiger charge is 2.19. The largest absolute Gasteiger partial charge is 0.506 e. The number of nitrogens with one attached hydrogen (secondary N) is 1. The van der Waals surface area contributed by atoms with Crippen LogP contribution >= 0.6 is 11.8 Å². The number of aromatic hydroxyl groups is 1. The molecule has 3 rings (SSSR count). The third kappa shape index (κ3) is 4.74. The van der Waals surface area contributed by atoms with E-state index in [4.69, 9.17) is 0 Å². The van der Waals surface area contributed by atoms with E-state index >= 15 is 0 Å². The lowest BCUT2D eigenvalue weighted by Gasteiger charge is -2.15. The molecule has 0 aliphatic heterocycles. The van der Waals surface area contributed by atoms with Gasteiger partial charge in [-0.25, -0.2) is 8.42 Å². The second-order valence-electron chi connectivity index (χ2n) is 7.14. The first-order chi connectivity index (χ1) is 13.7. The minimum atomic E-state index is -3.82. The van der Waals surface area contributed by atoms with Gasteiger partial charge in [-0.1, -0.05) is 50.2 Å². The van der Waals surface area contributed by atoms with Crippen molar-refractivity contribution in [3.8, 4) is 5.75 Å². The van der Waals surface area contributed by atoms with Crippen molar-refractivity contribution in [2.75, 3.05) is 10.5 Å². The number of rotatable bonds is 7. The molecule has 0 aliphatic rings. The number of fused-ring (bicyclic) bond motifs is 1. The third-order valence-electron chi connectivity index (χ3n) is 4.51. The number of carbonyl (C=O) groups is 1. The van der Waals surface area contributed by atoms with E-state index in [1.807, 2.05) is 26.0 Å². The smallest absolute Gasteiger partial charge is 0.261 e. The van der Waals surface area contributed by atoms with E-state index in [2.05, 4.69) is 4.72 Å². The Balaban J connectivity index is 2.04. The minimum Gasteiger partial charge on any atom is -0.506 e. The van der Waals surface area contributed by atoms with Crippen molar-refractivity contribution in [2.45, 2.75) is 36.5 Å². The maximum Gasteiger partial charge on any atom is 0.261 e. The van der Waals surface area contributed by atoms with Gasteiger partial charge in [-0.05, 0) is 36.6 Å². The van der Waals surface area contributed by atoms with Gasteiger partial charge in [0.25, 0.3) is 10.0 Å². The summed E-state index contributed by atoms with van der Waals surface area (Å²) in [6.45, 7) is 5.56. The summed E-state index contributed by atoms with van der Waals surface area (Å²) in [5.41, 5.74) is 1.42. The van der Waals surface area contributed by atoms with Crippen molar-refractivity contribution < 1.29 is 18.3 Å². The zero-order valence-electron chi connectivity index (χ0n) is 16.5. The van der Waals surface area contributed by atoms with Crippen LogP contribution in [0.5, 0.6) is 5.75 Å². The number of hydrogen-bond acceptors (Lipinski definition) is 5. The Labute approximate surface area is 175 Å². The Bertz CT molecular complexity index is 1150. The van der Waals surface area contributed by atoms with Crippen LogP contribution in [-0.4, -0.2) is 25.1 Å². The predicted molar refractivity (Wildman–Crippen MR) is 118 cm³/mol. The van der Waals surface area contributed by atoms with E-state index in [9.17, 15) is 18.3 Å². The van der Waals surface area contributed by atoms with Gasteiger partial charge in [-0.2, -0.15) is 0 Å². The maximum atomic E-state index is 13.0. The van der Waals surface area contributed by atoms with Crippen LogP contribution in [0.1, 0.15) is 32.3 Å². The van der Waals surface area contributed by atoms with E-state index in [1.165, 1.54) is 18.7 Å². The van der Waals surface area contributed by atoms with E-state index < -0.39 is 10.0 Å². The van der Waals surface area contributed by atoms with Crippen molar-refractivity contribution in [1.82, 2.24) is 0 Å². The highest BCUT2D eigenvalue weighted by Crippen LogP contribution is 2.40. The van der Waals surface area contributed by atoms with E-state index in [-0.39, 0.29) is 22.2 Å². The van der Waals surface area contributed by atoms with Crippen LogP contribution in [-0.2, 0) is 14.8 Å². The van der Waals surface area contributed by atoms with Crippen molar-refractivity contribution in [1.29, 1.82) is 0 Å². The molecule has 0 amide bonds. The van der Waals surface area contributed by atoms with Crippen molar-refractivity contribution in [2.24, 2.45) is 0 Å². The summed E-state index contributed by atoms with van der Waals surface area (Å²) >= 11 is 1.18. The quantitative estimate of drug-likeness (QED) is 0.401. The second kappa shape index (κ2) is 8.47. The fourth-order valence-corrected chi connectivity index (χ4v) is 4.82. The van der Waals surface area contributed by atoms with Crippen molar-refractivity contribution >= 4 is 44.0 Å². The monoisotopic (exact) mass is 429 g/mol. The van der Waals surface area contributed by atoms with Crippen LogP contribution in [0.3, 0.4) is 0 Å². The van der Waals surface area contributed by atoms with E-state index in [1.54, 1.807) is 42.5 Å². The van der Waals surface area contributed by atoms with Gasteiger partial charge in [0.2, 0.25) is 0 Å². The molecule has 152 valence electrons. The van der Waals surface area contributed by atoms with E-state index in [0.717, 1.165) is 5.56 Å². The van der Waals surface area contributed by atoms with Crippen LogP contribution in [0.25, 0.3) is 10.8 Å². The Morgan fingerprint density at radius 2 is 1.69 bits per heavy atom. The molecule has 0 heterocycles. The second-order valence-corrected chi connectivity index (χ2v) is 9.84. The average molecular weight is 430 g/mol. The molecule has 29 heavy (non-hydrogen) atoms. The highest BCUT2D eigenvalue weighted by molar-refractivity contribution is 8.00. The number of phenolic OH excluding ortho intramolecular Hbond substituents is 1. The summed E-state index contributed by atoms with van der Waals surface area (Å²) in [5, 5.41) is 11.7. The summed E-state index contributed by atoms with van der Waals surface area (Å²) in [7, 11) is -3.82. The Hall–Kier alpha value is -2.51. The van der Waals surface area contributed by atoms with Gasteiger partial charge in [0.15, 0.2) is 0 Å². The Morgan fingerprint density at radius 3 is 2.28 bits per heavy atom. The molecular weight excluding hydrogens is 406 g/mol. The topological polar surface area (TPSA) is 83.5 Å². The Morgan fingerprint density at radius 1 is 1.07 bits per heavy atom. The number of phenols is 1. The van der Waals surface area contributed by atoms with Gasteiger partial charge in [0.05, 0.1) is 21.2 Å². The summed E-state index contributed by atoms with van der Waals surface area (Å²) in [5.74, 6) is 0.502. The van der Waals surface area contributed by atoms with Gasteiger partial charge in [-0.15, -0.1) is 11.8 Å². The van der Waals surface area contributed by atoms with Gasteiger partial charge in [0.1, 0.15) is 11.5 Å². The van der Waals surface area contributed by atoms with Gasteiger partial charge in [0, 0.05) is 10.8 Å². The first-order valence-corrected chi connectivity index (χ1v) is 11.7. The summed E-state index contributed by atoms with van der Waals surface area (Å²) in [4.78, 5) is 12.0. The molecule has 5 nitrogen and oxygen atoms in total. The number of carbonyl (C=O) groups excluding carboxylic acids is 1. The number of thioether (sulfide) groups is 1. The highest BCUT2D eigenvalue weighted by atomic mass is 32.2. The zero-order chi connectivity index (χ0) is 21.2. The summed E-state index contributed by atoms with van der Waals surface area (Å²) in [6, 6.07) is 15.4. The predicted octanol–water partition coefficient (Wildman–Crippen LogP) is 5.15. The molecule has 0 atom stereocenters. The molecule has 0 spiro atoms. The van der Waals surface area contributed by atoms with Crippen LogP contribution in [0, 0.1) is 0 Å². The maximum absolute atomic E-state index is 13.0. The molecule has 0 fully saturated rings. The molecule has 7 heteroatoms. The lowest BCUT2D eigenvalue weighted by atomic mass is 10.0. The van der Waals surface area contributed by atoms with Crippen LogP contribution < -0.4 is 4.72 Å². The molecule has 3 aromatic carbocycles. The van der Waals surface area contributed by atoms with E-state index in [0.29, 0.717) is 27.3 Å². The van der Waals surface area contributed by atoms with Crippen molar-refractivity contribution in [3.05, 3.63) is 60.2 Å². The first kappa shape index (κ1) is 21.2. The number of Topliss-reactive ketones (excluding diaryl/α,β-unsaturated/α-hetero) is 1. The zero-order valence-corrected chi connectivity index (χ0v) is 18.1. The molecule has 2 N–H and O–H groups in total. The normalized spacial score (nSPS) is 11.7. The molecular formula is C22H23NO4S2. The number of hydrogen-bond donors (Lipinski definition) is 2. The number of benzene rings is 3. The average Bonchev–Trinajstić information content (AvgIpc) is 2.69. The molecule has 3 aromatic rings. The standard InChI is InChI=1S/C22H23NO4S2/c1-14(2)16-8-10-17(11-9-16)29(26,27)23-20-12-21(28-13-15(3)24)22(25)19-7-5-4-6-18(19)20/h4-12,14,23,25H,13H2,1-3H3. The molecule has 0 aromatic heterocycles. The van der Waals surface area contributed by atoms with Crippen molar-refractivity contribution in [3.63, 3.8) is 0 Å². The summed E-state index contributed by atoms with van der Waals surface area (Å²) < 4.78 is 28.6. The van der Waals surface area contributed by atoms with Gasteiger partial charge >= 0.3 is 0 Å². The van der Waals surface area contributed by atoms with Crippen LogP contribution in [0.4, 0.5) is 5.69 Å². The SMILES string of the molecule is CC(=O)CSc1cc(NS(=O)(=O)c2ccc(C(C)C)cc2)c2ccccc2c1O.